The summed E-state index contributed by atoms with van der Waals surface area (Å²) in [6.07, 6.45) is -0.412. The van der Waals surface area contributed by atoms with Gasteiger partial charge in [0.25, 0.3) is 0 Å². The molecule has 1 N–H and O–H groups in total. The molecule has 92 valence electrons. The Labute approximate surface area is 116 Å². The molecule has 2 rings (SSSR count). The van der Waals surface area contributed by atoms with Crippen LogP contribution >= 0.6 is 38.6 Å². The van der Waals surface area contributed by atoms with Gasteiger partial charge in [-0.25, -0.2) is 4.79 Å². The second-order valence-electron chi connectivity index (χ2n) is 4.52. The summed E-state index contributed by atoms with van der Waals surface area (Å²) in [7, 11) is 0. The Bertz CT molecular complexity index is 522. The van der Waals surface area contributed by atoms with Crippen molar-refractivity contribution in [3.05, 3.63) is 15.9 Å². The number of carbonyl (C=O) groups excluding carboxylic acids is 1. The van der Waals surface area contributed by atoms with E-state index in [1.807, 2.05) is 32.9 Å². The predicted octanol–water partition coefficient (Wildman–Crippen LogP) is 5.07. The van der Waals surface area contributed by atoms with E-state index in [-0.39, 0.29) is 0 Å². The standard InChI is InChI=1S/C11H12BrNO2S2/c1-11(2,3)15-10(14)13-9-5-7-6(17-9)4-8(12)16-7/h4-5H,1-3H3,(H,13,14). The van der Waals surface area contributed by atoms with E-state index in [9.17, 15) is 4.79 Å². The third-order valence-electron chi connectivity index (χ3n) is 1.80. The number of rotatable bonds is 1. The molecule has 2 aromatic heterocycles. The minimum Gasteiger partial charge on any atom is -0.444 e. The van der Waals surface area contributed by atoms with Crippen molar-refractivity contribution in [1.82, 2.24) is 0 Å². The van der Waals surface area contributed by atoms with E-state index in [1.165, 1.54) is 0 Å². The molecule has 3 nitrogen and oxygen atoms in total. The van der Waals surface area contributed by atoms with Crippen molar-refractivity contribution in [2.75, 3.05) is 5.32 Å². The summed E-state index contributed by atoms with van der Waals surface area (Å²) in [5.74, 6) is 0. The number of amides is 1. The van der Waals surface area contributed by atoms with E-state index < -0.39 is 11.7 Å². The highest BCUT2D eigenvalue weighted by molar-refractivity contribution is 9.11. The molecule has 0 atom stereocenters. The third kappa shape index (κ3) is 3.43. The van der Waals surface area contributed by atoms with E-state index in [0.29, 0.717) is 0 Å². The molecule has 0 fully saturated rings. The molecular formula is C11H12BrNO2S2. The first-order valence-corrected chi connectivity index (χ1v) is 7.45. The molecule has 0 unspecified atom stereocenters. The summed E-state index contributed by atoms with van der Waals surface area (Å²) in [4.78, 5) is 11.6. The van der Waals surface area contributed by atoms with E-state index in [0.717, 1.165) is 18.2 Å². The summed E-state index contributed by atoms with van der Waals surface area (Å²) < 4.78 is 8.61. The fourth-order valence-electron chi connectivity index (χ4n) is 1.27. The zero-order valence-electron chi connectivity index (χ0n) is 9.67. The average Bonchev–Trinajstić information content (AvgIpc) is 2.56. The van der Waals surface area contributed by atoms with Gasteiger partial charge in [-0.1, -0.05) is 0 Å². The van der Waals surface area contributed by atoms with Gasteiger partial charge in [-0.15, -0.1) is 22.7 Å². The first kappa shape index (κ1) is 12.9. The molecule has 0 aliphatic heterocycles. The fourth-order valence-corrected chi connectivity index (χ4v) is 4.18. The second kappa shape index (κ2) is 4.59. The van der Waals surface area contributed by atoms with Crippen molar-refractivity contribution >= 4 is 59.1 Å². The van der Waals surface area contributed by atoms with Crippen LogP contribution in [0.4, 0.5) is 9.80 Å². The van der Waals surface area contributed by atoms with Crippen LogP contribution in [0.5, 0.6) is 0 Å². The second-order valence-corrected chi connectivity index (χ2v) is 8.06. The van der Waals surface area contributed by atoms with E-state index in [4.69, 9.17) is 4.74 Å². The molecule has 0 aromatic carbocycles. The van der Waals surface area contributed by atoms with Crippen LogP contribution in [0.3, 0.4) is 0 Å². The van der Waals surface area contributed by atoms with Crippen molar-refractivity contribution in [3.8, 4) is 0 Å². The Hall–Kier alpha value is -0.590. The molecule has 0 aliphatic rings. The van der Waals surface area contributed by atoms with E-state index in [2.05, 4.69) is 21.2 Å². The van der Waals surface area contributed by atoms with Crippen LogP contribution in [0.25, 0.3) is 9.40 Å². The van der Waals surface area contributed by atoms with Crippen molar-refractivity contribution in [2.24, 2.45) is 0 Å². The third-order valence-corrected chi connectivity index (χ3v) is 4.51. The molecule has 2 heterocycles. The Morgan fingerprint density at radius 1 is 1.29 bits per heavy atom. The summed E-state index contributed by atoms with van der Waals surface area (Å²) in [6, 6.07) is 4.00. The average molecular weight is 334 g/mol. The molecule has 6 heteroatoms. The Balaban J connectivity index is 2.08. The highest BCUT2D eigenvalue weighted by atomic mass is 79.9. The smallest absolute Gasteiger partial charge is 0.412 e. The molecule has 0 bridgehead atoms. The van der Waals surface area contributed by atoms with Gasteiger partial charge in [0.15, 0.2) is 0 Å². The fraction of sp³-hybridized carbons (Fsp3) is 0.364. The number of thiophene rings is 2. The monoisotopic (exact) mass is 333 g/mol. The maximum Gasteiger partial charge on any atom is 0.412 e. The topological polar surface area (TPSA) is 38.3 Å². The van der Waals surface area contributed by atoms with Crippen LogP contribution in [0.1, 0.15) is 20.8 Å². The van der Waals surface area contributed by atoms with Gasteiger partial charge in [-0.3, -0.25) is 5.32 Å². The predicted molar refractivity (Wildman–Crippen MR) is 77.3 cm³/mol. The van der Waals surface area contributed by atoms with E-state index >= 15 is 0 Å². The van der Waals surface area contributed by atoms with Gasteiger partial charge >= 0.3 is 6.09 Å². The lowest BCUT2D eigenvalue weighted by Crippen LogP contribution is -2.26. The summed E-state index contributed by atoms with van der Waals surface area (Å²) >= 11 is 6.62. The molecule has 2 aromatic rings. The Kier molecular flexibility index (Phi) is 3.47. The zero-order chi connectivity index (χ0) is 12.6. The van der Waals surface area contributed by atoms with Crippen LogP contribution in [0.15, 0.2) is 15.9 Å². The number of fused-ring (bicyclic) bond motifs is 1. The Morgan fingerprint density at radius 3 is 2.53 bits per heavy atom. The van der Waals surface area contributed by atoms with Crippen molar-refractivity contribution in [2.45, 2.75) is 26.4 Å². The maximum atomic E-state index is 11.6. The van der Waals surface area contributed by atoms with Gasteiger partial charge in [0.1, 0.15) is 5.60 Å². The summed E-state index contributed by atoms with van der Waals surface area (Å²) in [6.45, 7) is 5.53. The highest BCUT2D eigenvalue weighted by Crippen LogP contribution is 2.38. The summed E-state index contributed by atoms with van der Waals surface area (Å²) in [5.41, 5.74) is -0.470. The molecule has 0 radical (unpaired) electrons. The van der Waals surface area contributed by atoms with Crippen LogP contribution < -0.4 is 5.32 Å². The van der Waals surface area contributed by atoms with E-state index in [1.54, 1.807) is 22.7 Å². The number of anilines is 1. The van der Waals surface area contributed by atoms with Gasteiger partial charge in [-0.05, 0) is 48.8 Å². The van der Waals surface area contributed by atoms with Crippen molar-refractivity contribution in [3.63, 3.8) is 0 Å². The van der Waals surface area contributed by atoms with Crippen molar-refractivity contribution in [1.29, 1.82) is 0 Å². The molecule has 0 saturated heterocycles. The molecule has 0 spiro atoms. The van der Waals surface area contributed by atoms with Gasteiger partial charge in [0.05, 0.1) is 8.79 Å². The SMILES string of the molecule is CC(C)(C)OC(=O)Nc1cc2sc(Br)cc2s1. The van der Waals surface area contributed by atoms with Gasteiger partial charge in [0, 0.05) is 9.40 Å². The number of hydrogen-bond donors (Lipinski definition) is 1. The Morgan fingerprint density at radius 2 is 1.94 bits per heavy atom. The number of hydrogen-bond acceptors (Lipinski definition) is 4. The first-order chi connectivity index (χ1) is 7.83. The normalized spacial score (nSPS) is 11.8. The number of carbonyl (C=O) groups is 1. The maximum absolute atomic E-state index is 11.6. The first-order valence-electron chi connectivity index (χ1n) is 5.02. The lowest BCUT2D eigenvalue weighted by Gasteiger charge is -2.19. The lowest BCUT2D eigenvalue weighted by atomic mass is 10.2. The minimum atomic E-state index is -0.470. The molecule has 17 heavy (non-hydrogen) atoms. The molecule has 0 aliphatic carbocycles. The number of nitrogens with one attached hydrogen (secondary N) is 1. The van der Waals surface area contributed by atoms with Crippen LogP contribution in [0.2, 0.25) is 0 Å². The van der Waals surface area contributed by atoms with Crippen LogP contribution in [0, 0.1) is 0 Å². The van der Waals surface area contributed by atoms with Gasteiger partial charge in [0.2, 0.25) is 0 Å². The van der Waals surface area contributed by atoms with Gasteiger partial charge in [-0.2, -0.15) is 0 Å². The highest BCUT2D eigenvalue weighted by Gasteiger charge is 2.17. The quantitative estimate of drug-likeness (QED) is 0.790. The van der Waals surface area contributed by atoms with Gasteiger partial charge < -0.3 is 4.74 Å². The molecule has 0 saturated carbocycles. The molecule has 1 amide bonds. The number of halogens is 1. The van der Waals surface area contributed by atoms with Crippen LogP contribution in [-0.4, -0.2) is 11.7 Å². The summed E-state index contributed by atoms with van der Waals surface area (Å²) in [5, 5.41) is 3.56. The largest absolute Gasteiger partial charge is 0.444 e. The minimum absolute atomic E-state index is 0.412. The van der Waals surface area contributed by atoms with Crippen LogP contribution in [-0.2, 0) is 4.74 Å². The molecular weight excluding hydrogens is 322 g/mol. The lowest BCUT2D eigenvalue weighted by molar-refractivity contribution is 0.0636. The van der Waals surface area contributed by atoms with Crippen molar-refractivity contribution < 1.29 is 9.53 Å². The zero-order valence-corrected chi connectivity index (χ0v) is 12.9. The number of ether oxygens (including phenoxy) is 1.